The van der Waals surface area contributed by atoms with Crippen molar-refractivity contribution in [3.05, 3.63) is 58.9 Å². The minimum Gasteiger partial charge on any atom is -0.493 e. The zero-order valence-corrected chi connectivity index (χ0v) is 19.2. The Kier molecular flexibility index (Phi) is 6.52. The molecule has 0 saturated carbocycles. The number of methoxy groups -OCH3 is 1. The van der Waals surface area contributed by atoms with Gasteiger partial charge in [0.25, 0.3) is 5.91 Å². The van der Waals surface area contributed by atoms with E-state index in [9.17, 15) is 26.7 Å². The predicted octanol–water partition coefficient (Wildman–Crippen LogP) is 4.83. The van der Waals surface area contributed by atoms with Crippen molar-refractivity contribution < 1.29 is 41.0 Å². The molecule has 2 aromatic rings. The number of benzene rings is 1. The fourth-order valence-corrected chi connectivity index (χ4v) is 5.12. The first kappa shape index (κ1) is 25.3. The first-order chi connectivity index (χ1) is 16.4. The van der Waals surface area contributed by atoms with Crippen LogP contribution in [0.25, 0.3) is 0 Å². The molecule has 2 fully saturated rings. The average molecular weight is 500 g/mol. The Labute approximate surface area is 198 Å². The molecule has 1 aromatic heterocycles. The number of halogens is 5. The van der Waals surface area contributed by atoms with Gasteiger partial charge in [-0.25, -0.2) is 4.39 Å². The highest BCUT2D eigenvalue weighted by Gasteiger charge is 2.66. The lowest BCUT2D eigenvalue weighted by atomic mass is 9.76. The molecule has 190 valence electrons. The smallest absolute Gasteiger partial charge is 0.417 e. The number of amides is 1. The number of aromatic nitrogens is 1. The molecule has 4 rings (SSSR count). The molecule has 2 N–H and O–H groups in total. The van der Waals surface area contributed by atoms with Crippen molar-refractivity contribution in [1.29, 1.82) is 0 Å². The lowest BCUT2D eigenvalue weighted by Crippen LogP contribution is -2.47. The van der Waals surface area contributed by atoms with Gasteiger partial charge in [0.05, 0.1) is 25.4 Å². The first-order valence-electron chi connectivity index (χ1n) is 11.1. The summed E-state index contributed by atoms with van der Waals surface area (Å²) < 4.78 is 87.7. The Morgan fingerprint density at radius 3 is 2.57 bits per heavy atom. The quantitative estimate of drug-likeness (QED) is 0.595. The Hall–Kier alpha value is -2.79. The van der Waals surface area contributed by atoms with Gasteiger partial charge in [0.1, 0.15) is 5.69 Å². The van der Waals surface area contributed by atoms with Crippen molar-refractivity contribution in [3.8, 4) is 5.75 Å². The van der Waals surface area contributed by atoms with Gasteiger partial charge in [-0.15, -0.1) is 0 Å². The summed E-state index contributed by atoms with van der Waals surface area (Å²) in [5, 5.41) is 0. The van der Waals surface area contributed by atoms with E-state index in [4.69, 9.17) is 19.9 Å². The van der Waals surface area contributed by atoms with Crippen LogP contribution in [-0.4, -0.2) is 42.0 Å². The van der Waals surface area contributed by atoms with Crippen LogP contribution in [0.5, 0.6) is 5.75 Å². The zero-order chi connectivity index (χ0) is 25.7. The number of alkyl halides is 3. The maximum absolute atomic E-state index is 14.5. The van der Waals surface area contributed by atoms with Gasteiger partial charge in [-0.2, -0.15) is 17.6 Å². The number of hydrogen-bond acceptors (Lipinski definition) is 5. The van der Waals surface area contributed by atoms with Crippen molar-refractivity contribution in [1.82, 2.24) is 4.98 Å². The SMILES string of the molecule is COc1c([C@@H]2C([C@@H]3CCC(c4ccnc(C(N)=O)c4)O3)O[C@](C)(C(F)(F)F)[C@@H]2C)ccc(F)c1F. The van der Waals surface area contributed by atoms with E-state index in [0.717, 1.165) is 20.1 Å². The second-order valence-electron chi connectivity index (χ2n) is 9.06. The Morgan fingerprint density at radius 2 is 1.94 bits per heavy atom. The zero-order valence-electron chi connectivity index (χ0n) is 19.2. The molecule has 3 heterocycles. The minimum atomic E-state index is -4.73. The van der Waals surface area contributed by atoms with Gasteiger partial charge in [-0.3, -0.25) is 9.78 Å². The number of nitrogens with zero attached hydrogens (tertiary/aromatic N) is 1. The van der Waals surface area contributed by atoms with Gasteiger partial charge in [-0.1, -0.05) is 13.0 Å². The predicted molar refractivity (Wildman–Crippen MR) is 114 cm³/mol. The summed E-state index contributed by atoms with van der Waals surface area (Å²) in [4.78, 5) is 15.4. The molecule has 35 heavy (non-hydrogen) atoms. The van der Waals surface area contributed by atoms with Gasteiger partial charge in [0.15, 0.2) is 17.2 Å². The first-order valence-corrected chi connectivity index (χ1v) is 11.1. The highest BCUT2D eigenvalue weighted by atomic mass is 19.4. The molecule has 2 aliphatic rings. The lowest BCUT2D eigenvalue weighted by molar-refractivity contribution is -0.280. The molecule has 0 radical (unpaired) electrons. The van der Waals surface area contributed by atoms with E-state index in [1.54, 1.807) is 6.07 Å². The minimum absolute atomic E-state index is 0.0364. The molecule has 0 bridgehead atoms. The number of ether oxygens (including phenoxy) is 3. The number of hydrogen-bond donors (Lipinski definition) is 1. The molecular weight excluding hydrogens is 475 g/mol. The molecule has 6 nitrogen and oxygen atoms in total. The van der Waals surface area contributed by atoms with E-state index in [2.05, 4.69) is 4.98 Å². The molecule has 1 amide bonds. The summed E-state index contributed by atoms with van der Waals surface area (Å²) in [7, 11) is 1.13. The molecule has 1 aromatic carbocycles. The number of primary amides is 1. The largest absolute Gasteiger partial charge is 0.493 e. The Balaban J connectivity index is 1.72. The van der Waals surface area contributed by atoms with E-state index in [0.29, 0.717) is 18.4 Å². The summed E-state index contributed by atoms with van der Waals surface area (Å²) in [5.41, 5.74) is 3.44. The van der Waals surface area contributed by atoms with Gasteiger partial charge in [-0.05, 0) is 43.5 Å². The molecule has 0 aliphatic carbocycles. The van der Waals surface area contributed by atoms with Crippen LogP contribution in [0.15, 0.2) is 30.5 Å². The van der Waals surface area contributed by atoms with Crippen molar-refractivity contribution >= 4 is 5.91 Å². The van der Waals surface area contributed by atoms with Gasteiger partial charge in [0.2, 0.25) is 5.82 Å². The molecular formula is C24H25F5N2O4. The van der Waals surface area contributed by atoms with Crippen LogP contribution in [0.4, 0.5) is 22.0 Å². The lowest BCUT2D eigenvalue weighted by Gasteiger charge is -2.32. The Bertz CT molecular complexity index is 1130. The maximum atomic E-state index is 14.5. The third kappa shape index (κ3) is 4.24. The molecule has 2 saturated heterocycles. The number of rotatable bonds is 5. The highest BCUT2D eigenvalue weighted by molar-refractivity contribution is 5.90. The van der Waals surface area contributed by atoms with Crippen molar-refractivity contribution in [2.45, 2.75) is 62.7 Å². The van der Waals surface area contributed by atoms with Crippen LogP contribution < -0.4 is 10.5 Å². The van der Waals surface area contributed by atoms with Gasteiger partial charge >= 0.3 is 6.18 Å². The number of pyridine rings is 1. The van der Waals surface area contributed by atoms with E-state index >= 15 is 0 Å². The summed E-state index contributed by atoms with van der Waals surface area (Å²) in [5.74, 6) is -5.81. The van der Waals surface area contributed by atoms with Crippen molar-refractivity contribution in [3.63, 3.8) is 0 Å². The maximum Gasteiger partial charge on any atom is 0.417 e. The second kappa shape index (κ2) is 9.02. The molecule has 6 atom stereocenters. The number of carbonyl (C=O) groups is 1. The van der Waals surface area contributed by atoms with Gasteiger partial charge in [0, 0.05) is 23.6 Å². The summed E-state index contributed by atoms with van der Waals surface area (Å²) in [6.45, 7) is 2.32. The fourth-order valence-electron chi connectivity index (χ4n) is 5.12. The topological polar surface area (TPSA) is 83.7 Å². The Morgan fingerprint density at radius 1 is 1.23 bits per heavy atom. The third-order valence-corrected chi connectivity index (χ3v) is 7.18. The van der Waals surface area contributed by atoms with E-state index in [1.807, 2.05) is 0 Å². The molecule has 11 heteroatoms. The highest BCUT2D eigenvalue weighted by Crippen LogP contribution is 2.57. The molecule has 2 unspecified atom stereocenters. The van der Waals surface area contributed by atoms with E-state index < -0.39 is 65.2 Å². The third-order valence-electron chi connectivity index (χ3n) is 7.18. The van der Waals surface area contributed by atoms with E-state index in [1.165, 1.54) is 25.3 Å². The fraction of sp³-hybridized carbons (Fsp3) is 0.500. The summed E-state index contributed by atoms with van der Waals surface area (Å²) >= 11 is 0. The van der Waals surface area contributed by atoms with Gasteiger partial charge < -0.3 is 19.9 Å². The molecule has 0 spiro atoms. The monoisotopic (exact) mass is 500 g/mol. The normalized spacial score (nSPS) is 31.0. The van der Waals surface area contributed by atoms with Crippen molar-refractivity contribution in [2.24, 2.45) is 11.7 Å². The number of nitrogens with two attached hydrogens (primary N) is 1. The van der Waals surface area contributed by atoms with Crippen LogP contribution in [0, 0.1) is 17.6 Å². The number of carbonyl (C=O) groups excluding carboxylic acids is 1. The van der Waals surface area contributed by atoms with Crippen LogP contribution in [0.1, 0.15) is 60.3 Å². The van der Waals surface area contributed by atoms with Crippen LogP contribution >= 0.6 is 0 Å². The summed E-state index contributed by atoms with van der Waals surface area (Å²) in [6.07, 6.45) is -5.01. The standard InChI is InChI=1S/C24H25F5N2O4/c1-11-18(13-4-5-14(25)19(26)20(13)33-3)21(35-23(11,2)24(27,28)29)17-7-6-16(34-17)12-8-9-31-15(10-12)22(30)32/h4-5,8-11,16-18,21H,6-7H2,1-3H3,(H2,30,32)/t11-,16?,17+,18-,21?,23+/m1/s1. The van der Waals surface area contributed by atoms with Crippen molar-refractivity contribution in [2.75, 3.05) is 7.11 Å². The second-order valence-corrected chi connectivity index (χ2v) is 9.06. The van der Waals surface area contributed by atoms with Crippen LogP contribution in [0.3, 0.4) is 0 Å². The summed E-state index contributed by atoms with van der Waals surface area (Å²) in [6, 6.07) is 5.20. The van der Waals surface area contributed by atoms with Crippen LogP contribution in [0.2, 0.25) is 0 Å². The van der Waals surface area contributed by atoms with E-state index in [-0.39, 0.29) is 11.3 Å². The van der Waals surface area contributed by atoms with Crippen LogP contribution in [-0.2, 0) is 9.47 Å². The average Bonchev–Trinajstić information content (AvgIpc) is 3.39. The molecule has 2 aliphatic heterocycles.